The predicted molar refractivity (Wildman–Crippen MR) is 93.2 cm³/mol. The molecule has 0 radical (unpaired) electrons. The number of ether oxygens (including phenoxy) is 1. The van der Waals surface area contributed by atoms with Gasteiger partial charge in [-0.3, -0.25) is 9.78 Å². The molecule has 0 saturated carbocycles. The van der Waals surface area contributed by atoms with Gasteiger partial charge in [-0.2, -0.15) is 0 Å². The molecule has 1 N–H and O–H groups in total. The zero-order valence-electron chi connectivity index (χ0n) is 13.8. The minimum absolute atomic E-state index is 0.0431. The molecule has 2 heterocycles. The van der Waals surface area contributed by atoms with Gasteiger partial charge in [-0.1, -0.05) is 24.3 Å². The van der Waals surface area contributed by atoms with Crippen LogP contribution in [0, 0.1) is 0 Å². The Kier molecular flexibility index (Phi) is 5.15. The van der Waals surface area contributed by atoms with Crippen molar-refractivity contribution < 1.29 is 14.6 Å². The van der Waals surface area contributed by atoms with E-state index in [0.717, 1.165) is 5.52 Å². The second-order valence-corrected chi connectivity index (χ2v) is 5.26. The predicted octanol–water partition coefficient (Wildman–Crippen LogP) is 3.70. The zero-order valence-corrected chi connectivity index (χ0v) is 13.8. The molecule has 7 heteroatoms. The van der Waals surface area contributed by atoms with Crippen LogP contribution in [0.5, 0.6) is 5.88 Å². The highest BCUT2D eigenvalue weighted by molar-refractivity contribution is 5.96. The van der Waals surface area contributed by atoms with E-state index in [4.69, 9.17) is 4.74 Å². The number of azo groups is 1. The van der Waals surface area contributed by atoms with Crippen molar-refractivity contribution >= 4 is 22.5 Å². The van der Waals surface area contributed by atoms with Crippen LogP contribution in [-0.2, 0) is 11.3 Å². The summed E-state index contributed by atoms with van der Waals surface area (Å²) in [6, 6.07) is 12.4. The van der Waals surface area contributed by atoms with Crippen LogP contribution in [0.3, 0.4) is 0 Å². The molecule has 0 bridgehead atoms. The first-order chi connectivity index (χ1) is 12.2. The topological polar surface area (TPSA) is 89.1 Å². The number of aromatic nitrogens is 2. The van der Waals surface area contributed by atoms with Crippen LogP contribution in [0.2, 0.25) is 0 Å². The van der Waals surface area contributed by atoms with Crippen LogP contribution < -0.4 is 0 Å². The highest BCUT2D eigenvalue weighted by Crippen LogP contribution is 2.38. The Balaban J connectivity index is 1.94. The number of hydrogen-bond acceptors (Lipinski definition) is 5. The molecule has 0 aliphatic carbocycles. The Morgan fingerprint density at radius 2 is 2.04 bits per heavy atom. The quantitative estimate of drug-likeness (QED) is 0.548. The highest BCUT2D eigenvalue weighted by atomic mass is 16.5. The number of aromatic hydroxyl groups is 1. The lowest BCUT2D eigenvalue weighted by Crippen LogP contribution is -2.05. The molecule has 0 unspecified atom stereocenters. The summed E-state index contributed by atoms with van der Waals surface area (Å²) < 4.78 is 7.06. The number of fused-ring (bicyclic) bond motifs is 1. The second-order valence-electron chi connectivity index (χ2n) is 5.26. The van der Waals surface area contributed by atoms with Gasteiger partial charge in [-0.15, -0.1) is 10.2 Å². The summed E-state index contributed by atoms with van der Waals surface area (Å²) in [6.07, 6.45) is 1.51. The maximum atomic E-state index is 12.1. The summed E-state index contributed by atoms with van der Waals surface area (Å²) in [6.45, 7) is 3.46. The van der Waals surface area contributed by atoms with Crippen molar-refractivity contribution in [1.29, 1.82) is 0 Å². The van der Waals surface area contributed by atoms with Gasteiger partial charge in [0.2, 0.25) is 5.88 Å². The van der Waals surface area contributed by atoms with Gasteiger partial charge in [0.1, 0.15) is 5.69 Å². The molecule has 3 aromatic rings. The third kappa shape index (κ3) is 3.56. The van der Waals surface area contributed by atoms with Crippen molar-refractivity contribution in [2.75, 3.05) is 13.2 Å². The monoisotopic (exact) mass is 338 g/mol. The van der Waals surface area contributed by atoms with Gasteiger partial charge >= 0.3 is 5.91 Å². The summed E-state index contributed by atoms with van der Waals surface area (Å²) in [5, 5.41) is 18.9. The molecular weight excluding hydrogens is 320 g/mol. The zero-order chi connectivity index (χ0) is 17.6. The van der Waals surface area contributed by atoms with E-state index in [1.54, 1.807) is 22.8 Å². The third-order valence-corrected chi connectivity index (χ3v) is 3.71. The van der Waals surface area contributed by atoms with E-state index in [1.165, 1.54) is 6.20 Å². The van der Waals surface area contributed by atoms with Crippen LogP contribution >= 0.6 is 0 Å². The number of pyridine rings is 1. The summed E-state index contributed by atoms with van der Waals surface area (Å²) in [5.41, 5.74) is 1.26. The molecule has 25 heavy (non-hydrogen) atoms. The minimum Gasteiger partial charge on any atom is -0.493 e. The molecule has 0 atom stereocenters. The average Bonchev–Trinajstić information content (AvgIpc) is 2.92. The molecule has 0 spiro atoms. The maximum Gasteiger partial charge on any atom is 0.313 e. The van der Waals surface area contributed by atoms with Crippen molar-refractivity contribution in [2.24, 2.45) is 10.2 Å². The van der Waals surface area contributed by atoms with Gasteiger partial charge in [-0.05, 0) is 25.1 Å². The van der Waals surface area contributed by atoms with Crippen molar-refractivity contribution in [3.8, 4) is 5.88 Å². The minimum atomic E-state index is -0.564. The van der Waals surface area contributed by atoms with Gasteiger partial charge in [0.05, 0.1) is 12.1 Å². The molecular formula is C18H18N4O3. The van der Waals surface area contributed by atoms with Crippen molar-refractivity contribution in [3.63, 3.8) is 0 Å². The van der Waals surface area contributed by atoms with Gasteiger partial charge in [-0.25, -0.2) is 0 Å². The van der Waals surface area contributed by atoms with E-state index in [9.17, 15) is 9.90 Å². The Morgan fingerprint density at radius 1 is 1.24 bits per heavy atom. The van der Waals surface area contributed by atoms with E-state index in [-0.39, 0.29) is 17.3 Å². The Labute approximate surface area is 144 Å². The molecule has 3 rings (SSSR count). The molecule has 7 nitrogen and oxygen atoms in total. The molecule has 0 saturated heterocycles. The smallest absolute Gasteiger partial charge is 0.313 e. The number of amides is 1. The van der Waals surface area contributed by atoms with Gasteiger partial charge in [0.25, 0.3) is 0 Å². The molecule has 0 aliphatic heterocycles. The average molecular weight is 338 g/mol. The molecule has 0 aliphatic rings. The number of rotatable bonds is 6. The number of hydrogen-bond donors (Lipinski definition) is 1. The van der Waals surface area contributed by atoms with Crippen LogP contribution in [0.25, 0.3) is 10.9 Å². The fourth-order valence-electron chi connectivity index (χ4n) is 2.53. The largest absolute Gasteiger partial charge is 0.493 e. The first-order valence-electron chi connectivity index (χ1n) is 7.97. The number of carbonyl (C=O) groups excluding carboxylic acids is 1. The summed E-state index contributed by atoms with van der Waals surface area (Å²) >= 11 is 0. The first-order valence-corrected chi connectivity index (χ1v) is 7.97. The maximum absolute atomic E-state index is 12.1. The van der Waals surface area contributed by atoms with Crippen molar-refractivity contribution in [2.45, 2.75) is 13.5 Å². The third-order valence-electron chi connectivity index (χ3n) is 3.71. The fraction of sp³-hybridized carbons (Fsp3) is 0.222. The van der Waals surface area contributed by atoms with Crippen LogP contribution in [0.4, 0.5) is 5.69 Å². The lowest BCUT2D eigenvalue weighted by Gasteiger charge is -2.06. The van der Waals surface area contributed by atoms with E-state index in [0.29, 0.717) is 25.1 Å². The fourth-order valence-corrected chi connectivity index (χ4v) is 2.53. The Morgan fingerprint density at radius 3 is 2.80 bits per heavy atom. The van der Waals surface area contributed by atoms with Crippen LogP contribution in [-0.4, -0.2) is 33.8 Å². The summed E-state index contributed by atoms with van der Waals surface area (Å²) in [7, 11) is 0. The van der Waals surface area contributed by atoms with Gasteiger partial charge < -0.3 is 14.4 Å². The Hall–Kier alpha value is -3.06. The SMILES string of the molecule is CCOCCn1c(O)c(N=NC(=O)c2ccccn2)c2ccccc21. The van der Waals surface area contributed by atoms with E-state index in [1.807, 2.05) is 31.2 Å². The summed E-state index contributed by atoms with van der Waals surface area (Å²) in [4.78, 5) is 16.0. The highest BCUT2D eigenvalue weighted by Gasteiger charge is 2.16. The molecule has 2 aromatic heterocycles. The van der Waals surface area contributed by atoms with E-state index < -0.39 is 5.91 Å². The van der Waals surface area contributed by atoms with Gasteiger partial charge in [0, 0.05) is 24.7 Å². The summed E-state index contributed by atoms with van der Waals surface area (Å²) in [5.74, 6) is -0.607. The van der Waals surface area contributed by atoms with Crippen molar-refractivity contribution in [1.82, 2.24) is 9.55 Å². The number of benzene rings is 1. The Bertz CT molecular complexity index is 903. The molecule has 1 amide bonds. The van der Waals surface area contributed by atoms with Crippen LogP contribution in [0.1, 0.15) is 17.4 Å². The number of para-hydroxylation sites is 1. The lowest BCUT2D eigenvalue weighted by atomic mass is 10.2. The van der Waals surface area contributed by atoms with Gasteiger partial charge in [0.15, 0.2) is 5.69 Å². The van der Waals surface area contributed by atoms with E-state index >= 15 is 0 Å². The number of carbonyl (C=O) groups is 1. The first kappa shape index (κ1) is 16.8. The molecule has 128 valence electrons. The number of nitrogens with zero attached hydrogens (tertiary/aromatic N) is 4. The second kappa shape index (κ2) is 7.67. The molecule has 1 aromatic carbocycles. The standard InChI is InChI=1S/C18H18N4O3/c1-2-25-12-11-22-15-9-4-3-7-13(15)16(18(22)24)20-21-17(23)14-8-5-6-10-19-14/h3-10,24H,2,11-12H2,1H3. The van der Waals surface area contributed by atoms with E-state index in [2.05, 4.69) is 15.2 Å². The lowest BCUT2D eigenvalue weighted by molar-refractivity contribution is 0.0990. The van der Waals surface area contributed by atoms with Crippen LogP contribution in [0.15, 0.2) is 58.9 Å². The normalized spacial score (nSPS) is 11.4. The molecule has 0 fully saturated rings. The van der Waals surface area contributed by atoms with Crippen molar-refractivity contribution in [3.05, 3.63) is 54.4 Å².